The summed E-state index contributed by atoms with van der Waals surface area (Å²) in [5, 5.41) is 12.0. The van der Waals surface area contributed by atoms with Crippen molar-refractivity contribution in [1.82, 2.24) is 0 Å². The van der Waals surface area contributed by atoms with Gasteiger partial charge >= 0.3 is 0 Å². The maximum atomic E-state index is 13.4. The van der Waals surface area contributed by atoms with Crippen LogP contribution in [0.4, 0.5) is 14.5 Å². The molecule has 0 saturated carbocycles. The van der Waals surface area contributed by atoms with Crippen LogP contribution in [0.2, 0.25) is 0 Å². The average molecular weight is 249 g/mol. The van der Waals surface area contributed by atoms with E-state index in [1.54, 1.807) is 24.3 Å². The summed E-state index contributed by atoms with van der Waals surface area (Å²) >= 11 is 0. The highest BCUT2D eigenvalue weighted by Gasteiger charge is 2.03. The molecular weight excluding hydrogens is 236 g/mol. The molecule has 2 aromatic carbocycles. The second kappa shape index (κ2) is 5.60. The number of anilines is 1. The largest absolute Gasteiger partial charge is 0.392 e. The highest BCUT2D eigenvalue weighted by molar-refractivity contribution is 5.46. The topological polar surface area (TPSA) is 32.3 Å². The molecule has 0 spiro atoms. The van der Waals surface area contributed by atoms with Crippen molar-refractivity contribution in [3.63, 3.8) is 0 Å². The van der Waals surface area contributed by atoms with Crippen LogP contribution in [0, 0.1) is 11.6 Å². The molecule has 94 valence electrons. The number of rotatable bonds is 4. The van der Waals surface area contributed by atoms with Gasteiger partial charge in [0.1, 0.15) is 11.6 Å². The third kappa shape index (κ3) is 3.05. The molecule has 0 amide bonds. The Labute approximate surface area is 104 Å². The summed E-state index contributed by atoms with van der Waals surface area (Å²) in [6.07, 6.45) is 0. The first kappa shape index (κ1) is 12.5. The van der Waals surface area contributed by atoms with Crippen LogP contribution in [0.25, 0.3) is 0 Å². The molecular formula is C14H13F2NO. The first-order valence-corrected chi connectivity index (χ1v) is 5.56. The molecule has 0 bridgehead atoms. The van der Waals surface area contributed by atoms with Crippen LogP contribution in [-0.4, -0.2) is 5.11 Å². The molecule has 18 heavy (non-hydrogen) atoms. The number of benzene rings is 2. The molecule has 2 rings (SSSR count). The Balaban J connectivity index is 2.08. The monoisotopic (exact) mass is 249 g/mol. The fraction of sp³-hybridized carbons (Fsp3) is 0.143. The highest BCUT2D eigenvalue weighted by Crippen LogP contribution is 2.14. The summed E-state index contributed by atoms with van der Waals surface area (Å²) in [7, 11) is 0. The molecule has 4 heteroatoms. The minimum Gasteiger partial charge on any atom is -0.392 e. The Kier molecular flexibility index (Phi) is 3.89. The second-order valence-corrected chi connectivity index (χ2v) is 3.95. The van der Waals surface area contributed by atoms with E-state index >= 15 is 0 Å². The molecule has 0 saturated heterocycles. The Bertz CT molecular complexity index is 543. The van der Waals surface area contributed by atoms with Gasteiger partial charge in [-0.2, -0.15) is 0 Å². The zero-order valence-corrected chi connectivity index (χ0v) is 9.66. The number of aliphatic hydroxyl groups excluding tert-OH is 1. The van der Waals surface area contributed by atoms with Gasteiger partial charge in [-0.25, -0.2) is 8.78 Å². The van der Waals surface area contributed by atoms with E-state index < -0.39 is 11.6 Å². The number of hydrogen-bond acceptors (Lipinski definition) is 2. The van der Waals surface area contributed by atoms with Gasteiger partial charge < -0.3 is 10.4 Å². The number of nitrogens with one attached hydrogen (secondary N) is 1. The molecule has 0 aliphatic carbocycles. The quantitative estimate of drug-likeness (QED) is 0.872. The minimum atomic E-state index is -0.461. The molecule has 0 aromatic heterocycles. The van der Waals surface area contributed by atoms with Gasteiger partial charge in [0.15, 0.2) is 0 Å². The minimum absolute atomic E-state index is 0.0517. The first-order chi connectivity index (χ1) is 8.69. The van der Waals surface area contributed by atoms with Crippen molar-refractivity contribution in [2.45, 2.75) is 13.2 Å². The molecule has 2 nitrogen and oxygen atoms in total. The summed E-state index contributed by atoms with van der Waals surface area (Å²) in [5.74, 6) is -0.903. The van der Waals surface area contributed by atoms with E-state index in [4.69, 9.17) is 5.11 Å². The molecule has 0 radical (unpaired) electrons. The van der Waals surface area contributed by atoms with Crippen molar-refractivity contribution in [2.24, 2.45) is 0 Å². The molecule has 0 fully saturated rings. The van der Waals surface area contributed by atoms with Crippen molar-refractivity contribution in [3.8, 4) is 0 Å². The lowest BCUT2D eigenvalue weighted by Gasteiger charge is -2.08. The van der Waals surface area contributed by atoms with Gasteiger partial charge in [0, 0.05) is 17.8 Å². The fourth-order valence-corrected chi connectivity index (χ4v) is 1.66. The maximum Gasteiger partial charge on any atom is 0.128 e. The van der Waals surface area contributed by atoms with Gasteiger partial charge in [0.05, 0.1) is 6.61 Å². The maximum absolute atomic E-state index is 13.4. The summed E-state index contributed by atoms with van der Waals surface area (Å²) in [6, 6.07) is 10.5. The molecule has 0 atom stereocenters. The van der Waals surface area contributed by atoms with Gasteiger partial charge in [-0.3, -0.25) is 0 Å². The van der Waals surface area contributed by atoms with Gasteiger partial charge in [-0.05, 0) is 35.9 Å². The third-order valence-electron chi connectivity index (χ3n) is 2.60. The summed E-state index contributed by atoms with van der Waals surface area (Å²) in [5.41, 5.74) is 1.79. The van der Waals surface area contributed by atoms with Gasteiger partial charge in [-0.1, -0.05) is 12.1 Å². The van der Waals surface area contributed by atoms with Crippen molar-refractivity contribution in [3.05, 3.63) is 65.2 Å². The summed E-state index contributed by atoms with van der Waals surface area (Å²) in [4.78, 5) is 0. The Morgan fingerprint density at radius 3 is 2.67 bits per heavy atom. The predicted molar refractivity (Wildman–Crippen MR) is 66.0 cm³/mol. The normalized spacial score (nSPS) is 10.4. The highest BCUT2D eigenvalue weighted by atomic mass is 19.1. The molecule has 0 aliphatic heterocycles. The second-order valence-electron chi connectivity index (χ2n) is 3.95. The van der Waals surface area contributed by atoms with Crippen LogP contribution in [0.5, 0.6) is 0 Å². The van der Waals surface area contributed by atoms with E-state index in [-0.39, 0.29) is 18.7 Å². The van der Waals surface area contributed by atoms with Crippen molar-refractivity contribution >= 4 is 5.69 Å². The average Bonchev–Trinajstić information content (AvgIpc) is 2.40. The standard InChI is InChI=1S/C14H13F2NO/c15-12-4-5-14(16)11(7-12)8-17-13-3-1-2-10(6-13)9-18/h1-7,17-18H,8-9H2. The molecule has 0 heterocycles. The fourth-order valence-electron chi connectivity index (χ4n) is 1.66. The van der Waals surface area contributed by atoms with Crippen molar-refractivity contribution in [2.75, 3.05) is 5.32 Å². The number of aliphatic hydroxyl groups is 1. The van der Waals surface area contributed by atoms with E-state index in [1.807, 2.05) is 0 Å². The zero-order chi connectivity index (χ0) is 13.0. The number of halogens is 2. The molecule has 2 aromatic rings. The predicted octanol–water partition coefficient (Wildman–Crippen LogP) is 3.07. The van der Waals surface area contributed by atoms with E-state index in [0.29, 0.717) is 0 Å². The van der Waals surface area contributed by atoms with Crippen LogP contribution in [0.1, 0.15) is 11.1 Å². The smallest absolute Gasteiger partial charge is 0.128 e. The molecule has 2 N–H and O–H groups in total. The SMILES string of the molecule is OCc1cccc(NCc2cc(F)ccc2F)c1. The van der Waals surface area contributed by atoms with E-state index in [0.717, 1.165) is 29.4 Å². The van der Waals surface area contributed by atoms with Gasteiger partial charge in [0.25, 0.3) is 0 Å². The molecule has 0 unspecified atom stereocenters. The lowest BCUT2D eigenvalue weighted by Crippen LogP contribution is -2.02. The Hall–Kier alpha value is -1.94. The summed E-state index contributed by atoms with van der Waals surface area (Å²) < 4.78 is 26.3. The van der Waals surface area contributed by atoms with Crippen LogP contribution < -0.4 is 5.32 Å². The van der Waals surface area contributed by atoms with Gasteiger partial charge in [-0.15, -0.1) is 0 Å². The first-order valence-electron chi connectivity index (χ1n) is 5.56. The lowest BCUT2D eigenvalue weighted by molar-refractivity contribution is 0.282. The van der Waals surface area contributed by atoms with Crippen LogP contribution in [0.15, 0.2) is 42.5 Å². The Morgan fingerprint density at radius 2 is 1.89 bits per heavy atom. The van der Waals surface area contributed by atoms with E-state index in [9.17, 15) is 8.78 Å². The van der Waals surface area contributed by atoms with Crippen molar-refractivity contribution in [1.29, 1.82) is 0 Å². The van der Waals surface area contributed by atoms with E-state index in [2.05, 4.69) is 5.32 Å². The Morgan fingerprint density at radius 1 is 1.06 bits per heavy atom. The van der Waals surface area contributed by atoms with E-state index in [1.165, 1.54) is 0 Å². The van der Waals surface area contributed by atoms with Crippen LogP contribution >= 0.6 is 0 Å². The number of hydrogen-bond donors (Lipinski definition) is 2. The lowest BCUT2D eigenvalue weighted by atomic mass is 10.2. The summed E-state index contributed by atoms with van der Waals surface area (Å²) in [6.45, 7) is 0.141. The third-order valence-corrected chi connectivity index (χ3v) is 2.60. The molecule has 0 aliphatic rings. The van der Waals surface area contributed by atoms with Crippen LogP contribution in [-0.2, 0) is 13.2 Å². The zero-order valence-electron chi connectivity index (χ0n) is 9.66. The van der Waals surface area contributed by atoms with Crippen LogP contribution in [0.3, 0.4) is 0 Å². The van der Waals surface area contributed by atoms with Gasteiger partial charge in [0.2, 0.25) is 0 Å². The van der Waals surface area contributed by atoms with Crippen molar-refractivity contribution < 1.29 is 13.9 Å².